The van der Waals surface area contributed by atoms with E-state index >= 15 is 0 Å². The lowest BCUT2D eigenvalue weighted by molar-refractivity contribution is 0.0963. The Kier molecular flexibility index (Phi) is 5.62. The average Bonchev–Trinajstić information content (AvgIpc) is 3.10. The highest BCUT2D eigenvalue weighted by molar-refractivity contribution is 6.03. The van der Waals surface area contributed by atoms with Crippen LogP contribution in [0.2, 0.25) is 0 Å². The van der Waals surface area contributed by atoms with Crippen molar-refractivity contribution in [2.45, 2.75) is 39.5 Å². The SMILES string of the molecule is CCc1cccc2c1cc(C)n2C(=O)c1ccc(CCCc2ccccc2)cc1. The molecule has 1 aromatic heterocycles. The maximum Gasteiger partial charge on any atom is 0.262 e. The molecule has 0 saturated carbocycles. The molecular formula is C27H27NO. The van der Waals surface area contributed by atoms with E-state index in [2.05, 4.69) is 61.5 Å². The fourth-order valence-electron chi connectivity index (χ4n) is 4.09. The highest BCUT2D eigenvalue weighted by Gasteiger charge is 2.16. The summed E-state index contributed by atoms with van der Waals surface area (Å²) in [6.45, 7) is 4.16. The molecule has 0 fully saturated rings. The number of carbonyl (C=O) groups excluding carboxylic acids is 1. The number of aromatic nitrogens is 1. The second-order valence-corrected chi connectivity index (χ2v) is 7.67. The van der Waals surface area contributed by atoms with Crippen LogP contribution >= 0.6 is 0 Å². The number of aryl methyl sites for hydroxylation is 4. The first-order valence-corrected chi connectivity index (χ1v) is 10.4. The lowest BCUT2D eigenvalue weighted by Gasteiger charge is -2.09. The van der Waals surface area contributed by atoms with Crippen LogP contribution in [-0.2, 0) is 19.3 Å². The van der Waals surface area contributed by atoms with Gasteiger partial charge in [0, 0.05) is 16.6 Å². The topological polar surface area (TPSA) is 22.0 Å². The normalized spacial score (nSPS) is 11.1. The molecular weight excluding hydrogens is 354 g/mol. The standard InChI is InChI=1S/C27H27NO/c1-3-23-13-8-14-26-25(23)19-20(2)28(26)27(29)24-17-15-22(16-18-24)12-7-11-21-9-5-4-6-10-21/h4-6,8-10,13-19H,3,7,11-12H2,1-2H3. The first-order valence-electron chi connectivity index (χ1n) is 10.4. The van der Waals surface area contributed by atoms with E-state index in [4.69, 9.17) is 0 Å². The van der Waals surface area contributed by atoms with Gasteiger partial charge in [0.2, 0.25) is 0 Å². The van der Waals surface area contributed by atoms with Gasteiger partial charge in [0.1, 0.15) is 0 Å². The minimum absolute atomic E-state index is 0.0431. The summed E-state index contributed by atoms with van der Waals surface area (Å²) in [5.41, 5.74) is 6.65. The highest BCUT2D eigenvalue weighted by Crippen LogP contribution is 2.25. The third-order valence-corrected chi connectivity index (χ3v) is 5.68. The predicted molar refractivity (Wildman–Crippen MR) is 121 cm³/mol. The zero-order valence-electron chi connectivity index (χ0n) is 17.2. The number of hydrogen-bond acceptors (Lipinski definition) is 1. The van der Waals surface area contributed by atoms with Crippen LogP contribution in [0.15, 0.2) is 78.9 Å². The fraction of sp³-hybridized carbons (Fsp3) is 0.222. The maximum atomic E-state index is 13.2. The number of rotatable bonds is 6. The Morgan fingerprint density at radius 1 is 0.828 bits per heavy atom. The van der Waals surface area contributed by atoms with Crippen molar-refractivity contribution in [3.8, 4) is 0 Å². The van der Waals surface area contributed by atoms with Crippen molar-refractivity contribution in [3.63, 3.8) is 0 Å². The third kappa shape index (κ3) is 4.02. The molecule has 0 atom stereocenters. The van der Waals surface area contributed by atoms with E-state index in [0.717, 1.165) is 42.5 Å². The van der Waals surface area contributed by atoms with E-state index in [0.29, 0.717) is 0 Å². The Morgan fingerprint density at radius 3 is 2.21 bits per heavy atom. The molecule has 0 N–H and O–H groups in total. The van der Waals surface area contributed by atoms with Crippen LogP contribution < -0.4 is 0 Å². The predicted octanol–water partition coefficient (Wildman–Crippen LogP) is 6.38. The number of nitrogens with zero attached hydrogens (tertiary/aromatic N) is 1. The van der Waals surface area contributed by atoms with Gasteiger partial charge in [0.05, 0.1) is 5.52 Å². The minimum atomic E-state index is 0.0431. The second-order valence-electron chi connectivity index (χ2n) is 7.67. The molecule has 4 rings (SSSR count). The summed E-state index contributed by atoms with van der Waals surface area (Å²) in [6, 6.07) is 27.1. The van der Waals surface area contributed by atoms with Gasteiger partial charge in [-0.2, -0.15) is 0 Å². The van der Waals surface area contributed by atoms with Crippen LogP contribution in [0, 0.1) is 6.92 Å². The third-order valence-electron chi connectivity index (χ3n) is 5.68. The molecule has 29 heavy (non-hydrogen) atoms. The van der Waals surface area contributed by atoms with Crippen LogP contribution in [0.3, 0.4) is 0 Å². The summed E-state index contributed by atoms with van der Waals surface area (Å²) >= 11 is 0. The van der Waals surface area contributed by atoms with Crippen LogP contribution in [0.1, 0.15) is 46.1 Å². The lowest BCUT2D eigenvalue weighted by Crippen LogP contribution is -2.13. The molecule has 0 unspecified atom stereocenters. The van der Waals surface area contributed by atoms with Crippen molar-refractivity contribution in [1.29, 1.82) is 0 Å². The van der Waals surface area contributed by atoms with Crippen molar-refractivity contribution >= 4 is 16.8 Å². The molecule has 0 radical (unpaired) electrons. The Labute approximate surface area is 172 Å². The molecule has 2 nitrogen and oxygen atoms in total. The van der Waals surface area contributed by atoms with E-state index in [1.807, 2.05) is 35.8 Å². The van der Waals surface area contributed by atoms with E-state index in [9.17, 15) is 4.79 Å². The zero-order valence-corrected chi connectivity index (χ0v) is 17.2. The smallest absolute Gasteiger partial charge is 0.262 e. The van der Waals surface area contributed by atoms with Gasteiger partial charge in [0.15, 0.2) is 0 Å². The van der Waals surface area contributed by atoms with Gasteiger partial charge in [-0.15, -0.1) is 0 Å². The van der Waals surface area contributed by atoms with Crippen molar-refractivity contribution in [3.05, 3.63) is 107 Å². The molecule has 2 heteroatoms. The van der Waals surface area contributed by atoms with Crippen LogP contribution in [0.5, 0.6) is 0 Å². The van der Waals surface area contributed by atoms with Crippen molar-refractivity contribution in [2.75, 3.05) is 0 Å². The maximum absolute atomic E-state index is 13.2. The van der Waals surface area contributed by atoms with E-state index in [-0.39, 0.29) is 5.91 Å². The summed E-state index contributed by atoms with van der Waals surface area (Å²) in [4.78, 5) is 13.2. The summed E-state index contributed by atoms with van der Waals surface area (Å²) in [7, 11) is 0. The van der Waals surface area contributed by atoms with Gasteiger partial charge >= 0.3 is 0 Å². The van der Waals surface area contributed by atoms with Crippen LogP contribution in [-0.4, -0.2) is 10.5 Å². The first-order chi connectivity index (χ1) is 14.2. The minimum Gasteiger partial charge on any atom is -0.280 e. The Balaban J connectivity index is 1.50. The van der Waals surface area contributed by atoms with Crippen molar-refractivity contribution in [1.82, 2.24) is 4.57 Å². The molecule has 0 saturated heterocycles. The quantitative estimate of drug-likeness (QED) is 0.380. The Morgan fingerprint density at radius 2 is 1.52 bits per heavy atom. The van der Waals surface area contributed by atoms with Gasteiger partial charge in [-0.3, -0.25) is 9.36 Å². The molecule has 0 bridgehead atoms. The highest BCUT2D eigenvalue weighted by atomic mass is 16.2. The van der Waals surface area contributed by atoms with Gasteiger partial charge < -0.3 is 0 Å². The number of benzene rings is 3. The van der Waals surface area contributed by atoms with Crippen molar-refractivity contribution < 1.29 is 4.79 Å². The average molecular weight is 382 g/mol. The summed E-state index contributed by atoms with van der Waals surface area (Å²) in [5.74, 6) is 0.0431. The molecule has 0 aliphatic heterocycles. The summed E-state index contributed by atoms with van der Waals surface area (Å²) in [5, 5.41) is 1.18. The Bertz CT molecular complexity index is 1120. The number of carbonyl (C=O) groups is 1. The summed E-state index contributed by atoms with van der Waals surface area (Å²) < 4.78 is 1.85. The van der Waals surface area contributed by atoms with Gasteiger partial charge in [-0.25, -0.2) is 0 Å². The molecule has 0 aliphatic carbocycles. The fourth-order valence-corrected chi connectivity index (χ4v) is 4.09. The molecule has 0 spiro atoms. The molecule has 0 amide bonds. The van der Waals surface area contributed by atoms with Gasteiger partial charge in [-0.1, -0.05) is 61.5 Å². The Hall–Kier alpha value is -3.13. The second kappa shape index (κ2) is 8.48. The van der Waals surface area contributed by atoms with E-state index < -0.39 is 0 Å². The molecule has 0 aliphatic rings. The first kappa shape index (κ1) is 19.2. The largest absolute Gasteiger partial charge is 0.280 e. The van der Waals surface area contributed by atoms with Gasteiger partial charge in [0.25, 0.3) is 5.91 Å². The number of fused-ring (bicyclic) bond motifs is 1. The van der Waals surface area contributed by atoms with Crippen LogP contribution in [0.4, 0.5) is 0 Å². The monoisotopic (exact) mass is 381 g/mol. The zero-order chi connectivity index (χ0) is 20.2. The van der Waals surface area contributed by atoms with Crippen molar-refractivity contribution in [2.24, 2.45) is 0 Å². The number of hydrogen-bond donors (Lipinski definition) is 0. The molecule has 1 heterocycles. The molecule has 3 aromatic carbocycles. The van der Waals surface area contributed by atoms with Crippen LogP contribution in [0.25, 0.3) is 10.9 Å². The molecule has 4 aromatic rings. The molecule has 146 valence electrons. The van der Waals surface area contributed by atoms with E-state index in [1.165, 1.54) is 22.1 Å². The summed E-state index contributed by atoms with van der Waals surface area (Å²) in [6.07, 6.45) is 4.18. The van der Waals surface area contributed by atoms with E-state index in [1.54, 1.807) is 0 Å². The van der Waals surface area contributed by atoms with Gasteiger partial charge in [-0.05, 0) is 73.6 Å². The lowest BCUT2D eigenvalue weighted by atomic mass is 10.0.